The molecule has 14 heavy (non-hydrogen) atoms. The predicted octanol–water partition coefficient (Wildman–Crippen LogP) is 1.54. The molecule has 2 N–H and O–H groups in total. The molecule has 0 amide bonds. The van der Waals surface area contributed by atoms with Gasteiger partial charge in [-0.3, -0.25) is 4.57 Å². The zero-order valence-corrected chi connectivity index (χ0v) is 9.37. The van der Waals surface area contributed by atoms with Gasteiger partial charge < -0.3 is 10.2 Å². The average molecular weight is 213 g/mol. The van der Waals surface area contributed by atoms with Gasteiger partial charge in [0.2, 0.25) is 7.37 Å². The molecular formula is C10H16NO2P. The molecule has 0 aliphatic carbocycles. The summed E-state index contributed by atoms with van der Waals surface area (Å²) in [7, 11) is -1.56. The van der Waals surface area contributed by atoms with Crippen LogP contribution < -0.4 is 10.6 Å². The Morgan fingerprint density at radius 1 is 1.43 bits per heavy atom. The van der Waals surface area contributed by atoms with Crippen LogP contribution in [0.2, 0.25) is 0 Å². The topological polar surface area (TPSA) is 49.3 Å². The predicted molar refractivity (Wildman–Crippen MR) is 59.0 cm³/mol. The summed E-state index contributed by atoms with van der Waals surface area (Å²) in [6.07, 6.45) is 0.638. The lowest BCUT2D eigenvalue weighted by atomic mass is 10.4. The lowest BCUT2D eigenvalue weighted by Crippen LogP contribution is -2.28. The van der Waals surface area contributed by atoms with Gasteiger partial charge in [-0.1, -0.05) is 25.1 Å². The van der Waals surface area contributed by atoms with Gasteiger partial charge in [-0.25, -0.2) is 0 Å². The molecule has 4 heteroatoms. The van der Waals surface area contributed by atoms with Gasteiger partial charge in [0.05, 0.1) is 5.78 Å². The van der Waals surface area contributed by atoms with Gasteiger partial charge in [-0.05, 0) is 25.6 Å². The third-order valence-electron chi connectivity index (χ3n) is 2.27. The molecule has 1 aromatic carbocycles. The van der Waals surface area contributed by atoms with E-state index in [1.165, 1.54) is 0 Å². The SMILES string of the molecule is CCC(NC)P(=O)(O)c1ccccc1. The summed E-state index contributed by atoms with van der Waals surface area (Å²) in [5.74, 6) is -0.357. The van der Waals surface area contributed by atoms with Crippen molar-refractivity contribution in [2.75, 3.05) is 7.05 Å². The van der Waals surface area contributed by atoms with Gasteiger partial charge in [-0.15, -0.1) is 0 Å². The fourth-order valence-corrected chi connectivity index (χ4v) is 3.25. The molecular weight excluding hydrogens is 197 g/mol. The zero-order valence-electron chi connectivity index (χ0n) is 8.47. The molecule has 78 valence electrons. The van der Waals surface area contributed by atoms with Crippen LogP contribution in [0.1, 0.15) is 13.3 Å². The molecule has 0 spiro atoms. The van der Waals surface area contributed by atoms with Crippen molar-refractivity contribution >= 4 is 12.7 Å². The molecule has 0 aliphatic rings. The summed E-state index contributed by atoms with van der Waals surface area (Å²) in [6.45, 7) is 1.90. The molecule has 0 aliphatic heterocycles. The average Bonchev–Trinajstić information content (AvgIpc) is 2.20. The molecule has 1 rings (SSSR count). The third kappa shape index (κ3) is 2.24. The maximum Gasteiger partial charge on any atom is 0.245 e. The van der Waals surface area contributed by atoms with Crippen LogP contribution in [0.3, 0.4) is 0 Å². The van der Waals surface area contributed by atoms with Gasteiger partial charge in [0.25, 0.3) is 0 Å². The molecule has 1 aromatic rings. The largest absolute Gasteiger partial charge is 0.340 e. The maximum absolute atomic E-state index is 12.1. The Bertz CT molecular complexity index is 322. The van der Waals surface area contributed by atoms with Crippen molar-refractivity contribution in [1.29, 1.82) is 0 Å². The van der Waals surface area contributed by atoms with E-state index in [9.17, 15) is 9.46 Å². The highest BCUT2D eigenvalue weighted by Crippen LogP contribution is 2.44. The second-order valence-electron chi connectivity index (χ2n) is 3.17. The minimum Gasteiger partial charge on any atom is -0.340 e. The summed E-state index contributed by atoms with van der Waals surface area (Å²) in [6, 6.07) is 8.78. The Balaban J connectivity index is 3.01. The van der Waals surface area contributed by atoms with E-state index < -0.39 is 7.37 Å². The molecule has 2 unspecified atom stereocenters. The van der Waals surface area contributed by atoms with Crippen molar-refractivity contribution < 1.29 is 9.46 Å². The smallest absolute Gasteiger partial charge is 0.245 e. The van der Waals surface area contributed by atoms with Crippen LogP contribution in [0.4, 0.5) is 0 Å². The fraction of sp³-hybridized carbons (Fsp3) is 0.400. The molecule has 0 saturated heterocycles. The number of rotatable bonds is 4. The molecule has 0 radical (unpaired) electrons. The highest BCUT2D eigenvalue weighted by atomic mass is 31.2. The standard InChI is InChI=1S/C10H16NO2P/c1-3-10(11-2)14(12,13)9-7-5-4-6-8-9/h4-8,10-11H,3H2,1-2H3,(H,12,13). The lowest BCUT2D eigenvalue weighted by Gasteiger charge is -2.21. The van der Waals surface area contributed by atoms with Crippen molar-refractivity contribution in [2.24, 2.45) is 0 Å². The summed E-state index contributed by atoms with van der Waals surface area (Å²) in [5.41, 5.74) is 0. The van der Waals surface area contributed by atoms with Crippen LogP contribution in [0.5, 0.6) is 0 Å². The number of nitrogens with one attached hydrogen (secondary N) is 1. The second-order valence-corrected chi connectivity index (χ2v) is 5.56. The Morgan fingerprint density at radius 3 is 2.43 bits per heavy atom. The molecule has 0 fully saturated rings. The first-order chi connectivity index (χ1) is 6.62. The van der Waals surface area contributed by atoms with Crippen LogP contribution in [0.25, 0.3) is 0 Å². The van der Waals surface area contributed by atoms with E-state index in [1.807, 2.05) is 13.0 Å². The number of benzene rings is 1. The van der Waals surface area contributed by atoms with Crippen LogP contribution in [-0.4, -0.2) is 17.7 Å². The minimum atomic E-state index is -3.27. The van der Waals surface area contributed by atoms with Gasteiger partial charge in [0, 0.05) is 5.30 Å². The van der Waals surface area contributed by atoms with Crippen molar-refractivity contribution in [3.05, 3.63) is 30.3 Å². The van der Waals surface area contributed by atoms with E-state index in [0.717, 1.165) is 0 Å². The van der Waals surface area contributed by atoms with Crippen LogP contribution >= 0.6 is 7.37 Å². The monoisotopic (exact) mass is 213 g/mol. The summed E-state index contributed by atoms with van der Waals surface area (Å²) < 4.78 is 12.1. The van der Waals surface area contributed by atoms with Crippen molar-refractivity contribution in [3.8, 4) is 0 Å². The van der Waals surface area contributed by atoms with E-state index in [-0.39, 0.29) is 5.78 Å². The highest BCUT2D eigenvalue weighted by Gasteiger charge is 2.29. The molecule has 0 bridgehead atoms. The summed E-state index contributed by atoms with van der Waals surface area (Å²) >= 11 is 0. The molecule has 0 heterocycles. The van der Waals surface area contributed by atoms with Gasteiger partial charge >= 0.3 is 0 Å². The van der Waals surface area contributed by atoms with E-state index in [1.54, 1.807) is 31.3 Å². The number of hydrogen-bond donors (Lipinski definition) is 2. The Labute approximate surface area is 84.6 Å². The normalized spacial score (nSPS) is 17.4. The van der Waals surface area contributed by atoms with E-state index >= 15 is 0 Å². The molecule has 0 aromatic heterocycles. The van der Waals surface area contributed by atoms with E-state index in [2.05, 4.69) is 5.32 Å². The summed E-state index contributed by atoms with van der Waals surface area (Å²) in [5, 5.41) is 3.39. The Morgan fingerprint density at radius 2 is 2.00 bits per heavy atom. The fourth-order valence-electron chi connectivity index (χ4n) is 1.45. The Hall–Kier alpha value is -0.630. The van der Waals surface area contributed by atoms with Crippen LogP contribution in [0.15, 0.2) is 30.3 Å². The van der Waals surface area contributed by atoms with Crippen LogP contribution in [-0.2, 0) is 4.57 Å². The van der Waals surface area contributed by atoms with E-state index in [4.69, 9.17) is 0 Å². The Kier molecular flexibility index (Phi) is 3.87. The first kappa shape index (κ1) is 11.4. The van der Waals surface area contributed by atoms with Gasteiger partial charge in [0.1, 0.15) is 0 Å². The maximum atomic E-state index is 12.1. The molecule has 0 saturated carbocycles. The number of hydrogen-bond acceptors (Lipinski definition) is 2. The first-order valence-corrected chi connectivity index (χ1v) is 6.41. The van der Waals surface area contributed by atoms with Crippen molar-refractivity contribution in [1.82, 2.24) is 5.32 Å². The van der Waals surface area contributed by atoms with Crippen molar-refractivity contribution in [3.63, 3.8) is 0 Å². The molecule has 2 atom stereocenters. The van der Waals surface area contributed by atoms with Gasteiger partial charge in [0.15, 0.2) is 0 Å². The van der Waals surface area contributed by atoms with Crippen LogP contribution in [0, 0.1) is 0 Å². The van der Waals surface area contributed by atoms with E-state index in [0.29, 0.717) is 11.7 Å². The summed E-state index contributed by atoms with van der Waals surface area (Å²) in [4.78, 5) is 9.94. The van der Waals surface area contributed by atoms with Gasteiger partial charge in [-0.2, -0.15) is 0 Å². The van der Waals surface area contributed by atoms with Crippen molar-refractivity contribution in [2.45, 2.75) is 19.1 Å². The second kappa shape index (κ2) is 4.74. The molecule has 3 nitrogen and oxygen atoms in total. The lowest BCUT2D eigenvalue weighted by molar-refractivity contribution is 0.461. The third-order valence-corrected chi connectivity index (χ3v) is 4.77. The minimum absolute atomic E-state index is 0.357. The first-order valence-electron chi connectivity index (χ1n) is 4.68. The highest BCUT2D eigenvalue weighted by molar-refractivity contribution is 7.66. The quantitative estimate of drug-likeness (QED) is 0.746. The zero-order chi connectivity index (χ0) is 10.6.